The number of carbonyl (C=O) groups is 2. The summed E-state index contributed by atoms with van der Waals surface area (Å²) >= 11 is 7.14. The molecular weight excluding hydrogens is 460 g/mol. The maximum atomic E-state index is 12.7. The van der Waals surface area contributed by atoms with Crippen LogP contribution in [0.2, 0.25) is 5.02 Å². The van der Waals surface area contributed by atoms with E-state index in [1.54, 1.807) is 25.3 Å². The van der Waals surface area contributed by atoms with E-state index in [1.165, 1.54) is 28.8 Å². The molecule has 0 bridgehead atoms. The summed E-state index contributed by atoms with van der Waals surface area (Å²) in [6.07, 6.45) is 1.79. The molecule has 3 aromatic rings. The number of hydrogen-bond acceptors (Lipinski definition) is 5. The number of aromatic carboxylic acids is 1. The van der Waals surface area contributed by atoms with Crippen molar-refractivity contribution >= 4 is 52.2 Å². The number of carbonyl (C=O) groups excluding carboxylic acids is 1. The van der Waals surface area contributed by atoms with E-state index in [1.807, 2.05) is 48.5 Å². The van der Waals surface area contributed by atoms with Gasteiger partial charge in [-0.15, -0.1) is 0 Å². The standard InChI is InChI=1S/C25H19ClN2O4S/c1-28-23(29)22(33-25(28)27-20-4-2-3-18(14-20)24(30)31)13-16-7-11-21(12-8-16)32-15-17-5-9-19(26)10-6-17/h2-14H,15H2,1H3,(H,30,31)/b22-13-,27-25?. The average Bonchev–Trinajstić information content (AvgIpc) is 3.07. The van der Waals surface area contributed by atoms with Gasteiger partial charge >= 0.3 is 5.97 Å². The molecule has 8 heteroatoms. The summed E-state index contributed by atoms with van der Waals surface area (Å²) in [5, 5.41) is 10.3. The molecule has 0 aliphatic carbocycles. The lowest BCUT2D eigenvalue weighted by Crippen LogP contribution is -2.23. The van der Waals surface area contributed by atoms with Crippen LogP contribution in [0.15, 0.2) is 82.7 Å². The Kier molecular flexibility index (Phi) is 6.82. The first kappa shape index (κ1) is 22.6. The number of benzene rings is 3. The monoisotopic (exact) mass is 478 g/mol. The third kappa shape index (κ3) is 5.63. The summed E-state index contributed by atoms with van der Waals surface area (Å²) in [5.74, 6) is -0.479. The van der Waals surface area contributed by atoms with Crippen LogP contribution in [-0.2, 0) is 11.4 Å². The number of amides is 1. The molecule has 1 fully saturated rings. The first-order valence-electron chi connectivity index (χ1n) is 9.96. The SMILES string of the molecule is CN1C(=O)/C(=C/c2ccc(OCc3ccc(Cl)cc3)cc2)SC1=Nc1cccc(C(=O)O)c1. The molecule has 1 aliphatic heterocycles. The molecule has 1 saturated heterocycles. The number of carboxylic acids is 1. The molecule has 0 saturated carbocycles. The molecule has 0 atom stereocenters. The fourth-order valence-corrected chi connectivity index (χ4v) is 4.14. The number of amidine groups is 1. The predicted molar refractivity (Wildman–Crippen MR) is 131 cm³/mol. The molecule has 0 unspecified atom stereocenters. The van der Waals surface area contributed by atoms with Gasteiger partial charge in [-0.2, -0.15) is 0 Å². The van der Waals surface area contributed by atoms with Gasteiger partial charge in [-0.05, 0) is 71.4 Å². The average molecular weight is 479 g/mol. The molecule has 3 aromatic carbocycles. The first-order chi connectivity index (χ1) is 15.9. The van der Waals surface area contributed by atoms with Gasteiger partial charge in [0.25, 0.3) is 5.91 Å². The van der Waals surface area contributed by atoms with Gasteiger partial charge < -0.3 is 9.84 Å². The Morgan fingerprint density at radius 2 is 1.85 bits per heavy atom. The summed E-state index contributed by atoms with van der Waals surface area (Å²) < 4.78 is 5.80. The molecule has 4 rings (SSSR count). The van der Waals surface area contributed by atoms with Gasteiger partial charge in [0.2, 0.25) is 0 Å². The fraction of sp³-hybridized carbons (Fsp3) is 0.0800. The van der Waals surface area contributed by atoms with Crippen molar-refractivity contribution < 1.29 is 19.4 Å². The number of aliphatic imine (C=N–C) groups is 1. The van der Waals surface area contributed by atoms with Crippen LogP contribution in [0, 0.1) is 0 Å². The normalized spacial score (nSPS) is 15.9. The van der Waals surface area contributed by atoms with E-state index in [4.69, 9.17) is 21.4 Å². The van der Waals surface area contributed by atoms with Gasteiger partial charge in [0.15, 0.2) is 5.17 Å². The van der Waals surface area contributed by atoms with E-state index in [0.717, 1.165) is 16.9 Å². The van der Waals surface area contributed by atoms with Crippen LogP contribution in [0.25, 0.3) is 6.08 Å². The fourth-order valence-electron chi connectivity index (χ4n) is 3.03. The lowest BCUT2D eigenvalue weighted by molar-refractivity contribution is -0.121. The zero-order chi connectivity index (χ0) is 23.4. The molecule has 1 aliphatic rings. The molecule has 0 aromatic heterocycles. The Morgan fingerprint density at radius 3 is 2.55 bits per heavy atom. The van der Waals surface area contributed by atoms with Crippen LogP contribution in [0.4, 0.5) is 5.69 Å². The van der Waals surface area contributed by atoms with Gasteiger partial charge in [-0.3, -0.25) is 9.69 Å². The smallest absolute Gasteiger partial charge is 0.335 e. The first-order valence-corrected chi connectivity index (χ1v) is 11.2. The number of thioether (sulfide) groups is 1. The zero-order valence-corrected chi connectivity index (χ0v) is 19.1. The van der Waals surface area contributed by atoms with Crippen molar-refractivity contribution in [1.82, 2.24) is 4.90 Å². The second kappa shape index (κ2) is 9.94. The van der Waals surface area contributed by atoms with Crippen molar-refractivity contribution in [3.8, 4) is 5.75 Å². The van der Waals surface area contributed by atoms with Gasteiger partial charge in [0.1, 0.15) is 12.4 Å². The highest BCUT2D eigenvalue weighted by atomic mass is 35.5. The van der Waals surface area contributed by atoms with E-state index in [2.05, 4.69) is 4.99 Å². The number of ether oxygens (including phenoxy) is 1. The highest BCUT2D eigenvalue weighted by Crippen LogP contribution is 2.33. The molecule has 1 N–H and O–H groups in total. The largest absolute Gasteiger partial charge is 0.489 e. The van der Waals surface area contributed by atoms with Crippen LogP contribution in [-0.4, -0.2) is 34.1 Å². The van der Waals surface area contributed by atoms with Crippen LogP contribution < -0.4 is 4.74 Å². The molecule has 0 spiro atoms. The summed E-state index contributed by atoms with van der Waals surface area (Å²) in [4.78, 5) is 30.3. The van der Waals surface area contributed by atoms with Crippen LogP contribution >= 0.6 is 23.4 Å². The van der Waals surface area contributed by atoms with Gasteiger partial charge in [-0.1, -0.05) is 41.9 Å². The molecule has 33 heavy (non-hydrogen) atoms. The van der Waals surface area contributed by atoms with Crippen molar-refractivity contribution in [2.24, 2.45) is 4.99 Å². The highest BCUT2D eigenvalue weighted by Gasteiger charge is 2.30. The second-order valence-electron chi connectivity index (χ2n) is 7.21. The van der Waals surface area contributed by atoms with Crippen molar-refractivity contribution in [2.75, 3.05) is 7.05 Å². The van der Waals surface area contributed by atoms with Gasteiger partial charge in [0, 0.05) is 12.1 Å². The van der Waals surface area contributed by atoms with Gasteiger partial charge in [0.05, 0.1) is 16.2 Å². The van der Waals surface area contributed by atoms with Crippen molar-refractivity contribution in [3.05, 3.63) is 99.4 Å². The van der Waals surface area contributed by atoms with E-state index in [9.17, 15) is 9.59 Å². The minimum Gasteiger partial charge on any atom is -0.489 e. The lowest BCUT2D eigenvalue weighted by Gasteiger charge is -2.07. The predicted octanol–water partition coefficient (Wildman–Crippen LogP) is 5.85. The Balaban J connectivity index is 1.45. The zero-order valence-electron chi connectivity index (χ0n) is 17.6. The number of carboxylic acid groups (broad SMARTS) is 1. The summed E-state index contributed by atoms with van der Waals surface area (Å²) in [6, 6.07) is 21.2. The van der Waals surface area contributed by atoms with E-state index in [-0.39, 0.29) is 11.5 Å². The number of rotatable bonds is 6. The van der Waals surface area contributed by atoms with Crippen LogP contribution in [0.5, 0.6) is 5.75 Å². The van der Waals surface area contributed by atoms with Crippen molar-refractivity contribution in [2.45, 2.75) is 6.61 Å². The van der Waals surface area contributed by atoms with Crippen molar-refractivity contribution in [1.29, 1.82) is 0 Å². The van der Waals surface area contributed by atoms with E-state index in [0.29, 0.717) is 27.4 Å². The van der Waals surface area contributed by atoms with Gasteiger partial charge in [-0.25, -0.2) is 9.79 Å². The number of likely N-dealkylation sites (N-methyl/N-ethyl adjacent to an activating group) is 1. The van der Waals surface area contributed by atoms with E-state index < -0.39 is 5.97 Å². The quantitative estimate of drug-likeness (QED) is 0.449. The maximum Gasteiger partial charge on any atom is 0.335 e. The Hall–Kier alpha value is -3.55. The number of nitrogens with zero attached hydrogens (tertiary/aromatic N) is 2. The minimum absolute atomic E-state index is 0.142. The Bertz CT molecular complexity index is 1250. The molecule has 1 heterocycles. The minimum atomic E-state index is -1.03. The van der Waals surface area contributed by atoms with Crippen molar-refractivity contribution in [3.63, 3.8) is 0 Å². The summed E-state index contributed by atoms with van der Waals surface area (Å²) in [7, 11) is 1.64. The third-order valence-corrected chi connectivity index (χ3v) is 6.13. The number of halogens is 1. The lowest BCUT2D eigenvalue weighted by atomic mass is 10.2. The Labute approximate surface area is 200 Å². The molecular formula is C25H19ClN2O4S. The molecule has 166 valence electrons. The molecule has 1 amide bonds. The molecule has 0 radical (unpaired) electrons. The van der Waals surface area contributed by atoms with Crippen LogP contribution in [0.3, 0.4) is 0 Å². The maximum absolute atomic E-state index is 12.7. The Morgan fingerprint density at radius 1 is 1.12 bits per heavy atom. The third-order valence-electron chi connectivity index (χ3n) is 4.82. The second-order valence-corrected chi connectivity index (χ2v) is 8.65. The molecule has 6 nitrogen and oxygen atoms in total. The highest BCUT2D eigenvalue weighted by molar-refractivity contribution is 8.18. The topological polar surface area (TPSA) is 79.2 Å². The van der Waals surface area contributed by atoms with Crippen LogP contribution in [0.1, 0.15) is 21.5 Å². The summed E-state index contributed by atoms with van der Waals surface area (Å²) in [6.45, 7) is 0.430. The van der Waals surface area contributed by atoms with E-state index >= 15 is 0 Å². The summed E-state index contributed by atoms with van der Waals surface area (Å²) in [5.41, 5.74) is 2.48. The number of hydrogen-bond donors (Lipinski definition) is 1.